The molecule has 1 aromatic heterocycles. The first kappa shape index (κ1) is 15.4. The SMILES string of the molecule is CN(Cc1cc(Br)cs1)S(=O)(=O)c1c(N)cccc1F. The van der Waals surface area contributed by atoms with Crippen molar-refractivity contribution in [2.75, 3.05) is 12.8 Å². The predicted molar refractivity (Wildman–Crippen MR) is 81.5 cm³/mol. The average molecular weight is 379 g/mol. The lowest BCUT2D eigenvalue weighted by Gasteiger charge is -2.18. The van der Waals surface area contributed by atoms with Crippen LogP contribution in [0, 0.1) is 5.82 Å². The van der Waals surface area contributed by atoms with Crippen molar-refractivity contribution in [2.45, 2.75) is 11.4 Å². The summed E-state index contributed by atoms with van der Waals surface area (Å²) >= 11 is 4.72. The molecule has 1 aromatic carbocycles. The van der Waals surface area contributed by atoms with Crippen molar-refractivity contribution in [3.05, 3.63) is 44.8 Å². The molecule has 0 atom stereocenters. The van der Waals surface area contributed by atoms with Crippen molar-refractivity contribution >= 4 is 43.0 Å². The highest BCUT2D eigenvalue weighted by atomic mass is 79.9. The molecule has 4 nitrogen and oxygen atoms in total. The Labute approximate surface area is 129 Å². The minimum Gasteiger partial charge on any atom is -0.398 e. The largest absolute Gasteiger partial charge is 0.398 e. The number of nitrogens with two attached hydrogens (primary N) is 1. The minimum absolute atomic E-state index is 0.0933. The van der Waals surface area contributed by atoms with Gasteiger partial charge in [0.25, 0.3) is 0 Å². The van der Waals surface area contributed by atoms with Crippen molar-refractivity contribution in [1.29, 1.82) is 0 Å². The quantitative estimate of drug-likeness (QED) is 0.831. The molecule has 2 N–H and O–H groups in total. The van der Waals surface area contributed by atoms with Gasteiger partial charge in [-0.25, -0.2) is 12.8 Å². The second-order valence-electron chi connectivity index (χ2n) is 4.15. The van der Waals surface area contributed by atoms with Crippen molar-refractivity contribution in [1.82, 2.24) is 4.31 Å². The minimum atomic E-state index is -3.96. The molecule has 2 rings (SSSR count). The Morgan fingerprint density at radius 1 is 1.45 bits per heavy atom. The molecule has 0 saturated heterocycles. The Kier molecular flexibility index (Phi) is 4.48. The topological polar surface area (TPSA) is 63.4 Å². The Hall–Kier alpha value is -0.960. The van der Waals surface area contributed by atoms with E-state index in [9.17, 15) is 12.8 Å². The van der Waals surface area contributed by atoms with Gasteiger partial charge in [0.05, 0.1) is 5.69 Å². The number of hydrogen-bond acceptors (Lipinski definition) is 4. The zero-order valence-electron chi connectivity index (χ0n) is 10.5. The molecule has 1 heterocycles. The summed E-state index contributed by atoms with van der Waals surface area (Å²) in [6, 6.07) is 5.64. The predicted octanol–water partition coefficient (Wildman–Crippen LogP) is 3.05. The second kappa shape index (κ2) is 5.80. The highest BCUT2D eigenvalue weighted by Crippen LogP contribution is 2.27. The van der Waals surface area contributed by atoms with E-state index in [2.05, 4.69) is 15.9 Å². The first-order chi connectivity index (χ1) is 9.32. The fourth-order valence-electron chi connectivity index (χ4n) is 1.69. The Morgan fingerprint density at radius 2 is 2.15 bits per heavy atom. The molecule has 2 aromatic rings. The number of rotatable bonds is 4. The highest BCUT2D eigenvalue weighted by Gasteiger charge is 2.27. The number of nitrogen functional groups attached to an aromatic ring is 1. The van der Waals surface area contributed by atoms with Crippen LogP contribution in [0.2, 0.25) is 0 Å². The van der Waals surface area contributed by atoms with Crippen LogP contribution in [-0.4, -0.2) is 19.8 Å². The molecule has 0 radical (unpaired) electrons. The van der Waals surface area contributed by atoms with Crippen LogP contribution in [0.4, 0.5) is 10.1 Å². The van der Waals surface area contributed by atoms with Crippen LogP contribution in [0.15, 0.2) is 39.0 Å². The van der Waals surface area contributed by atoms with E-state index in [0.29, 0.717) is 0 Å². The summed E-state index contributed by atoms with van der Waals surface area (Å²) in [5.74, 6) is -0.843. The molecule has 0 amide bonds. The van der Waals surface area contributed by atoms with Gasteiger partial charge in [-0.05, 0) is 34.1 Å². The summed E-state index contributed by atoms with van der Waals surface area (Å²) in [7, 11) is -2.57. The van der Waals surface area contributed by atoms with E-state index in [-0.39, 0.29) is 12.2 Å². The Balaban J connectivity index is 2.35. The Morgan fingerprint density at radius 3 is 2.70 bits per heavy atom. The molecule has 8 heteroatoms. The number of benzene rings is 1. The smallest absolute Gasteiger partial charge is 0.248 e. The maximum atomic E-state index is 13.8. The molecule has 0 unspecified atom stereocenters. The van der Waals surface area contributed by atoms with Gasteiger partial charge in [0.2, 0.25) is 10.0 Å². The van der Waals surface area contributed by atoms with Crippen molar-refractivity contribution in [3.8, 4) is 0 Å². The molecule has 0 aliphatic carbocycles. The van der Waals surface area contributed by atoms with E-state index in [0.717, 1.165) is 19.7 Å². The van der Waals surface area contributed by atoms with Crippen LogP contribution in [0.3, 0.4) is 0 Å². The molecular weight excluding hydrogens is 367 g/mol. The number of halogens is 2. The lowest BCUT2D eigenvalue weighted by Crippen LogP contribution is -2.27. The van der Waals surface area contributed by atoms with Crippen LogP contribution in [0.1, 0.15) is 4.88 Å². The molecule has 108 valence electrons. The third-order valence-electron chi connectivity index (χ3n) is 2.67. The van der Waals surface area contributed by atoms with Gasteiger partial charge >= 0.3 is 0 Å². The third-order valence-corrected chi connectivity index (χ3v) is 6.24. The summed E-state index contributed by atoms with van der Waals surface area (Å²) in [6.07, 6.45) is 0. The van der Waals surface area contributed by atoms with Crippen LogP contribution < -0.4 is 5.73 Å². The molecule has 20 heavy (non-hydrogen) atoms. The Bertz CT molecular complexity index is 711. The molecule has 0 aliphatic heterocycles. The van der Waals surface area contributed by atoms with E-state index in [1.807, 2.05) is 11.4 Å². The van der Waals surface area contributed by atoms with Gasteiger partial charge in [-0.1, -0.05) is 6.07 Å². The molecule has 0 bridgehead atoms. The van der Waals surface area contributed by atoms with Gasteiger partial charge in [-0.2, -0.15) is 4.31 Å². The second-order valence-corrected chi connectivity index (χ2v) is 8.04. The summed E-state index contributed by atoms with van der Waals surface area (Å²) in [5, 5.41) is 1.85. The van der Waals surface area contributed by atoms with E-state index < -0.39 is 20.7 Å². The van der Waals surface area contributed by atoms with Gasteiger partial charge in [0, 0.05) is 28.3 Å². The number of hydrogen-bond donors (Lipinski definition) is 1. The molecular formula is C12H12BrFN2O2S2. The molecule has 0 aliphatic rings. The van der Waals surface area contributed by atoms with Crippen LogP contribution in [0.25, 0.3) is 0 Å². The van der Waals surface area contributed by atoms with Gasteiger partial charge in [0.15, 0.2) is 0 Å². The standard InChI is InChI=1S/C12H12BrFN2O2S2/c1-16(6-9-5-8(13)7-19-9)20(17,18)12-10(14)3-2-4-11(12)15/h2-5,7H,6,15H2,1H3. The van der Waals surface area contributed by atoms with Crippen molar-refractivity contribution < 1.29 is 12.8 Å². The summed E-state index contributed by atoms with van der Waals surface area (Å²) in [4.78, 5) is 0.371. The summed E-state index contributed by atoms with van der Waals surface area (Å²) < 4.78 is 40.5. The maximum Gasteiger partial charge on any atom is 0.248 e. The van der Waals surface area contributed by atoms with Gasteiger partial charge in [0.1, 0.15) is 10.7 Å². The maximum absolute atomic E-state index is 13.8. The summed E-state index contributed by atoms with van der Waals surface area (Å²) in [6.45, 7) is 0.159. The lowest BCUT2D eigenvalue weighted by molar-refractivity contribution is 0.463. The first-order valence-electron chi connectivity index (χ1n) is 5.55. The number of thiophene rings is 1. The monoisotopic (exact) mass is 378 g/mol. The lowest BCUT2D eigenvalue weighted by atomic mass is 10.3. The van der Waals surface area contributed by atoms with E-state index in [1.54, 1.807) is 0 Å². The van der Waals surface area contributed by atoms with Crippen LogP contribution in [-0.2, 0) is 16.6 Å². The van der Waals surface area contributed by atoms with Crippen LogP contribution in [0.5, 0.6) is 0 Å². The number of anilines is 1. The van der Waals surface area contributed by atoms with Crippen molar-refractivity contribution in [3.63, 3.8) is 0 Å². The van der Waals surface area contributed by atoms with Crippen LogP contribution >= 0.6 is 27.3 Å². The van der Waals surface area contributed by atoms with Gasteiger partial charge in [-0.15, -0.1) is 11.3 Å². The zero-order valence-corrected chi connectivity index (χ0v) is 13.7. The number of nitrogens with zero attached hydrogens (tertiary/aromatic N) is 1. The first-order valence-corrected chi connectivity index (χ1v) is 8.67. The molecule has 0 spiro atoms. The normalized spacial score (nSPS) is 12.0. The van der Waals surface area contributed by atoms with Crippen molar-refractivity contribution in [2.24, 2.45) is 0 Å². The van der Waals surface area contributed by atoms with Gasteiger partial charge in [-0.3, -0.25) is 0 Å². The molecule has 0 fully saturated rings. The van der Waals surface area contributed by atoms with E-state index in [1.165, 1.54) is 30.5 Å². The third kappa shape index (κ3) is 3.03. The number of sulfonamides is 1. The average Bonchev–Trinajstić information content (AvgIpc) is 2.74. The fourth-order valence-corrected chi connectivity index (χ4v) is 4.58. The highest BCUT2D eigenvalue weighted by molar-refractivity contribution is 9.10. The van der Waals surface area contributed by atoms with E-state index in [4.69, 9.17) is 5.73 Å². The summed E-state index contributed by atoms with van der Waals surface area (Å²) in [5.41, 5.74) is 5.50. The van der Waals surface area contributed by atoms with E-state index >= 15 is 0 Å². The molecule has 0 saturated carbocycles. The fraction of sp³-hybridized carbons (Fsp3) is 0.167. The van der Waals surface area contributed by atoms with Gasteiger partial charge < -0.3 is 5.73 Å². The zero-order chi connectivity index (χ0) is 14.9.